The van der Waals surface area contributed by atoms with Gasteiger partial charge in [-0.1, -0.05) is 36.4 Å². The van der Waals surface area contributed by atoms with Crippen molar-refractivity contribution in [1.29, 1.82) is 0 Å². The molecule has 0 aliphatic carbocycles. The van der Waals surface area contributed by atoms with Gasteiger partial charge >= 0.3 is 0 Å². The number of para-hydroxylation sites is 1. The van der Waals surface area contributed by atoms with Crippen LogP contribution in [0.1, 0.15) is 26.3 Å². The van der Waals surface area contributed by atoms with Gasteiger partial charge in [-0.05, 0) is 55.0 Å². The number of benzene rings is 3. The van der Waals surface area contributed by atoms with Crippen LogP contribution in [-0.4, -0.2) is 18.9 Å². The van der Waals surface area contributed by atoms with E-state index in [1.807, 2.05) is 61.5 Å². The van der Waals surface area contributed by atoms with E-state index in [4.69, 9.17) is 0 Å². The lowest BCUT2D eigenvalue weighted by Gasteiger charge is -2.17. The third kappa shape index (κ3) is 3.98. The second-order valence-electron chi connectivity index (χ2n) is 6.10. The zero-order chi connectivity index (χ0) is 18.5. The van der Waals surface area contributed by atoms with Crippen molar-refractivity contribution in [1.82, 2.24) is 0 Å². The summed E-state index contributed by atoms with van der Waals surface area (Å²) in [6.07, 6.45) is 0. The molecule has 0 saturated carbocycles. The number of amides is 2. The first-order valence-electron chi connectivity index (χ1n) is 8.36. The van der Waals surface area contributed by atoms with Crippen LogP contribution in [0.2, 0.25) is 0 Å². The number of carbonyl (C=O) groups is 2. The van der Waals surface area contributed by atoms with Crippen molar-refractivity contribution in [3.63, 3.8) is 0 Å². The molecule has 4 nitrogen and oxygen atoms in total. The summed E-state index contributed by atoms with van der Waals surface area (Å²) in [6, 6.07) is 23.7. The highest BCUT2D eigenvalue weighted by molar-refractivity contribution is 6.09. The molecule has 0 radical (unpaired) electrons. The summed E-state index contributed by atoms with van der Waals surface area (Å²) in [6.45, 7) is 1.97. The number of hydrogen-bond acceptors (Lipinski definition) is 2. The minimum absolute atomic E-state index is 0.165. The van der Waals surface area contributed by atoms with Crippen LogP contribution in [0.15, 0.2) is 78.9 Å². The Morgan fingerprint density at radius 3 is 2.23 bits per heavy atom. The third-order valence-corrected chi connectivity index (χ3v) is 4.10. The maximum absolute atomic E-state index is 12.7. The van der Waals surface area contributed by atoms with Gasteiger partial charge in [0.1, 0.15) is 0 Å². The maximum atomic E-state index is 12.7. The lowest BCUT2D eigenvalue weighted by atomic mass is 10.1. The third-order valence-electron chi connectivity index (χ3n) is 4.10. The van der Waals surface area contributed by atoms with E-state index in [9.17, 15) is 9.59 Å². The molecule has 0 aliphatic heterocycles. The van der Waals surface area contributed by atoms with Crippen LogP contribution >= 0.6 is 0 Å². The van der Waals surface area contributed by atoms with Crippen molar-refractivity contribution in [2.45, 2.75) is 6.92 Å². The average Bonchev–Trinajstić information content (AvgIpc) is 2.67. The Hall–Kier alpha value is -3.40. The molecule has 3 aromatic carbocycles. The molecule has 0 saturated heterocycles. The highest BCUT2D eigenvalue weighted by atomic mass is 16.2. The maximum Gasteiger partial charge on any atom is 0.258 e. The molecule has 0 atom stereocenters. The quantitative estimate of drug-likeness (QED) is 0.756. The second kappa shape index (κ2) is 7.66. The molecular weight excluding hydrogens is 324 g/mol. The van der Waals surface area contributed by atoms with Crippen LogP contribution in [0.5, 0.6) is 0 Å². The predicted octanol–water partition coefficient (Wildman–Crippen LogP) is 4.52. The van der Waals surface area contributed by atoms with Crippen molar-refractivity contribution in [2.75, 3.05) is 17.3 Å². The number of aryl methyl sites for hydroxylation is 1. The van der Waals surface area contributed by atoms with E-state index in [1.165, 1.54) is 0 Å². The van der Waals surface area contributed by atoms with Gasteiger partial charge in [-0.25, -0.2) is 0 Å². The van der Waals surface area contributed by atoms with E-state index in [0.29, 0.717) is 11.1 Å². The smallest absolute Gasteiger partial charge is 0.258 e. The number of hydrogen-bond donors (Lipinski definition) is 1. The van der Waals surface area contributed by atoms with E-state index >= 15 is 0 Å². The number of carbonyl (C=O) groups excluding carboxylic acids is 2. The van der Waals surface area contributed by atoms with Gasteiger partial charge in [0.25, 0.3) is 11.8 Å². The number of nitrogens with zero attached hydrogens (tertiary/aromatic N) is 1. The Kier molecular flexibility index (Phi) is 5.13. The van der Waals surface area contributed by atoms with Crippen LogP contribution in [0.25, 0.3) is 0 Å². The van der Waals surface area contributed by atoms with Gasteiger partial charge in [0.15, 0.2) is 0 Å². The largest absolute Gasteiger partial charge is 0.322 e. The molecule has 0 unspecified atom stereocenters. The van der Waals surface area contributed by atoms with Crippen molar-refractivity contribution >= 4 is 23.2 Å². The van der Waals surface area contributed by atoms with Gasteiger partial charge < -0.3 is 10.2 Å². The fraction of sp³-hybridized carbons (Fsp3) is 0.0909. The lowest BCUT2D eigenvalue weighted by Crippen LogP contribution is -2.26. The van der Waals surface area contributed by atoms with Crippen LogP contribution < -0.4 is 10.2 Å². The second-order valence-corrected chi connectivity index (χ2v) is 6.10. The highest BCUT2D eigenvalue weighted by Crippen LogP contribution is 2.17. The molecule has 26 heavy (non-hydrogen) atoms. The summed E-state index contributed by atoms with van der Waals surface area (Å²) in [4.78, 5) is 26.8. The minimum atomic E-state index is -0.243. The van der Waals surface area contributed by atoms with Crippen molar-refractivity contribution < 1.29 is 9.59 Å². The van der Waals surface area contributed by atoms with Gasteiger partial charge in [-0.2, -0.15) is 0 Å². The fourth-order valence-corrected chi connectivity index (χ4v) is 2.68. The minimum Gasteiger partial charge on any atom is -0.322 e. The first-order chi connectivity index (χ1) is 12.5. The molecule has 0 spiro atoms. The molecule has 4 heteroatoms. The van der Waals surface area contributed by atoms with E-state index in [0.717, 1.165) is 16.9 Å². The number of rotatable bonds is 4. The summed E-state index contributed by atoms with van der Waals surface area (Å²) >= 11 is 0. The predicted molar refractivity (Wildman–Crippen MR) is 105 cm³/mol. The number of anilines is 2. The topological polar surface area (TPSA) is 49.4 Å². The zero-order valence-electron chi connectivity index (χ0n) is 14.8. The van der Waals surface area contributed by atoms with Gasteiger partial charge in [0.05, 0.1) is 0 Å². The van der Waals surface area contributed by atoms with Crippen molar-refractivity contribution in [3.8, 4) is 0 Å². The van der Waals surface area contributed by atoms with Crippen LogP contribution in [0.4, 0.5) is 11.4 Å². The Morgan fingerprint density at radius 2 is 1.50 bits per heavy atom. The van der Waals surface area contributed by atoms with E-state index in [2.05, 4.69) is 5.32 Å². The van der Waals surface area contributed by atoms with E-state index in [-0.39, 0.29) is 11.8 Å². The van der Waals surface area contributed by atoms with E-state index in [1.54, 1.807) is 36.2 Å². The molecule has 0 bridgehead atoms. The molecule has 1 N–H and O–H groups in total. The normalized spacial score (nSPS) is 10.2. The summed E-state index contributed by atoms with van der Waals surface area (Å²) in [7, 11) is 1.72. The van der Waals surface area contributed by atoms with Gasteiger partial charge in [-0.15, -0.1) is 0 Å². The first kappa shape index (κ1) is 17.4. The van der Waals surface area contributed by atoms with Gasteiger partial charge in [0.2, 0.25) is 0 Å². The zero-order valence-corrected chi connectivity index (χ0v) is 14.8. The standard InChI is InChI=1S/C22H20N2O2/c1-16-8-6-11-19(14-16)23-21(25)17-9-7-10-18(15-17)22(26)24(2)20-12-4-3-5-13-20/h3-15H,1-2H3,(H,23,25). The summed E-state index contributed by atoms with van der Waals surface area (Å²) in [5.41, 5.74) is 3.50. The number of nitrogens with one attached hydrogen (secondary N) is 1. The fourth-order valence-electron chi connectivity index (χ4n) is 2.68. The highest BCUT2D eigenvalue weighted by Gasteiger charge is 2.15. The molecular formula is C22H20N2O2. The molecule has 2 amide bonds. The summed E-state index contributed by atoms with van der Waals surface area (Å²) in [5, 5.41) is 2.86. The van der Waals surface area contributed by atoms with Crippen LogP contribution in [0, 0.1) is 6.92 Å². The molecule has 3 aromatic rings. The summed E-state index contributed by atoms with van der Waals surface area (Å²) < 4.78 is 0. The van der Waals surface area contributed by atoms with Gasteiger partial charge in [0, 0.05) is 29.5 Å². The SMILES string of the molecule is Cc1cccc(NC(=O)c2cccc(C(=O)N(C)c3ccccc3)c2)c1. The lowest BCUT2D eigenvalue weighted by molar-refractivity contribution is 0.0993. The molecule has 0 heterocycles. The monoisotopic (exact) mass is 344 g/mol. The molecule has 0 aliphatic rings. The average molecular weight is 344 g/mol. The van der Waals surface area contributed by atoms with Crippen LogP contribution in [-0.2, 0) is 0 Å². The van der Waals surface area contributed by atoms with E-state index < -0.39 is 0 Å². The Labute approximate surface area is 153 Å². The Bertz CT molecular complexity index is 936. The molecule has 0 fully saturated rings. The molecule has 3 rings (SSSR count). The molecule has 0 aromatic heterocycles. The van der Waals surface area contributed by atoms with Crippen molar-refractivity contribution in [2.24, 2.45) is 0 Å². The summed E-state index contributed by atoms with van der Waals surface area (Å²) in [5.74, 6) is -0.408. The Morgan fingerprint density at radius 1 is 0.808 bits per heavy atom. The van der Waals surface area contributed by atoms with Crippen molar-refractivity contribution in [3.05, 3.63) is 95.6 Å². The molecule has 130 valence electrons. The first-order valence-corrected chi connectivity index (χ1v) is 8.36. The Balaban J connectivity index is 1.79. The van der Waals surface area contributed by atoms with Gasteiger partial charge in [-0.3, -0.25) is 9.59 Å². The van der Waals surface area contributed by atoms with Crippen LogP contribution in [0.3, 0.4) is 0 Å².